The van der Waals surface area contributed by atoms with Crippen molar-refractivity contribution in [1.29, 1.82) is 0 Å². The van der Waals surface area contributed by atoms with Gasteiger partial charge in [0.1, 0.15) is 10.7 Å². The molecular formula is C36H41F2N11O4S. The molecule has 2 aliphatic rings. The summed E-state index contributed by atoms with van der Waals surface area (Å²) < 4.78 is 67.8. The summed E-state index contributed by atoms with van der Waals surface area (Å²) in [5.74, 6) is -1.69. The number of aromatic amines is 1. The number of H-pyrrole nitrogens is 1. The summed E-state index contributed by atoms with van der Waals surface area (Å²) >= 11 is 0. The van der Waals surface area contributed by atoms with E-state index in [1.807, 2.05) is 44.0 Å². The van der Waals surface area contributed by atoms with Crippen molar-refractivity contribution in [2.45, 2.75) is 25.3 Å². The van der Waals surface area contributed by atoms with E-state index in [4.69, 9.17) is 9.72 Å². The Hall–Kier alpha value is -5.46. The molecular weight excluding hydrogens is 721 g/mol. The number of benzene rings is 1. The number of nitrogens with zero attached hydrogens (tertiary/aromatic N) is 9. The van der Waals surface area contributed by atoms with Gasteiger partial charge in [-0.25, -0.2) is 23.1 Å². The van der Waals surface area contributed by atoms with E-state index in [1.54, 1.807) is 18.0 Å². The first-order valence-corrected chi connectivity index (χ1v) is 19.0. The van der Waals surface area contributed by atoms with Crippen molar-refractivity contribution in [3.05, 3.63) is 93.7 Å². The van der Waals surface area contributed by atoms with Crippen LogP contribution in [0.3, 0.4) is 0 Å². The van der Waals surface area contributed by atoms with Crippen LogP contribution >= 0.6 is 0 Å². The number of hydrogen-bond acceptors (Lipinski definition) is 12. The van der Waals surface area contributed by atoms with Gasteiger partial charge in [-0.2, -0.15) is 18.9 Å². The van der Waals surface area contributed by atoms with Gasteiger partial charge >= 0.3 is 0 Å². The largest absolute Gasteiger partial charge is 0.436 e. The molecule has 54 heavy (non-hydrogen) atoms. The van der Waals surface area contributed by atoms with Gasteiger partial charge in [-0.15, -0.1) is 0 Å². The highest BCUT2D eigenvalue weighted by Gasteiger charge is 2.27. The van der Waals surface area contributed by atoms with Crippen molar-refractivity contribution >= 4 is 27.6 Å². The first-order chi connectivity index (χ1) is 25.8. The third-order valence-electron chi connectivity index (χ3n) is 9.59. The fourth-order valence-corrected chi connectivity index (χ4v) is 7.59. The zero-order chi connectivity index (χ0) is 38.1. The zero-order valence-electron chi connectivity index (χ0n) is 30.4. The molecule has 2 fully saturated rings. The van der Waals surface area contributed by atoms with E-state index in [1.165, 1.54) is 29.3 Å². The average molecular weight is 762 g/mol. The van der Waals surface area contributed by atoms with Crippen LogP contribution in [-0.2, 0) is 23.6 Å². The summed E-state index contributed by atoms with van der Waals surface area (Å²) in [6.07, 6.45) is 3.99. The topological polar surface area (TPSA) is 158 Å². The Morgan fingerprint density at radius 1 is 0.889 bits per heavy atom. The van der Waals surface area contributed by atoms with Gasteiger partial charge in [-0.3, -0.25) is 14.4 Å². The first-order valence-electron chi connectivity index (χ1n) is 17.5. The molecule has 0 saturated carbocycles. The number of ether oxygens (including phenoxy) is 1. The molecule has 2 saturated heterocycles. The molecule has 2 aliphatic heterocycles. The van der Waals surface area contributed by atoms with Crippen LogP contribution in [0, 0.1) is 25.5 Å². The van der Waals surface area contributed by atoms with Crippen molar-refractivity contribution in [3.8, 4) is 22.9 Å². The van der Waals surface area contributed by atoms with Crippen molar-refractivity contribution in [2.24, 2.45) is 7.05 Å². The Morgan fingerprint density at radius 2 is 1.59 bits per heavy atom. The Balaban J connectivity index is 1.22. The number of aryl methyl sites for hydroxylation is 3. The first kappa shape index (κ1) is 36.9. The van der Waals surface area contributed by atoms with Crippen molar-refractivity contribution in [3.63, 3.8) is 0 Å². The van der Waals surface area contributed by atoms with Gasteiger partial charge in [0.05, 0.1) is 17.6 Å². The molecule has 18 heteroatoms. The number of aromatic nitrogens is 6. The van der Waals surface area contributed by atoms with E-state index in [2.05, 4.69) is 34.6 Å². The Labute approximate surface area is 311 Å². The minimum absolute atomic E-state index is 0.0839. The number of piperazine rings is 2. The van der Waals surface area contributed by atoms with Gasteiger partial charge in [0.25, 0.3) is 10.0 Å². The molecule has 7 rings (SSSR count). The molecule has 1 aromatic carbocycles. The summed E-state index contributed by atoms with van der Waals surface area (Å²) in [5, 5.41) is 3.97. The number of hydrogen-bond donors (Lipinski definition) is 2. The zero-order valence-corrected chi connectivity index (χ0v) is 31.2. The lowest BCUT2D eigenvalue weighted by Gasteiger charge is -2.36. The number of pyridine rings is 2. The number of likely N-dealkylation sites (N-methyl/N-ethyl adjacent to an activating group) is 1. The predicted octanol–water partition coefficient (Wildman–Crippen LogP) is 3.52. The molecule has 0 spiro atoms. The molecule has 0 bridgehead atoms. The molecule has 6 heterocycles. The molecule has 0 amide bonds. The quantitative estimate of drug-likeness (QED) is 0.214. The highest BCUT2D eigenvalue weighted by Crippen LogP contribution is 2.35. The summed E-state index contributed by atoms with van der Waals surface area (Å²) in [6.45, 7) is 8.66. The monoisotopic (exact) mass is 761 g/mol. The molecule has 0 unspecified atom stereocenters. The van der Waals surface area contributed by atoms with Gasteiger partial charge < -0.3 is 24.4 Å². The van der Waals surface area contributed by atoms with Crippen LogP contribution in [0.15, 0.2) is 64.7 Å². The summed E-state index contributed by atoms with van der Waals surface area (Å²) in [6, 6.07) is 9.97. The maximum absolute atomic E-state index is 16.6. The normalized spacial score (nSPS) is 15.8. The number of halogens is 2. The standard InChI is InChI=1S/C36H41F2N11O4S/c1-23-6-5-7-24(2)31(23)27-19-30(43-36(42-27)44-54(51,52)26-20-40-46(4)22-26)53-29-18-25(41-35(33(29)38)49-14-10-45(3)11-15-49)21-47-12-16-48(17-13-47)34-32(37)28(50)8-9-39-34/h5-9,18-20,22H,10-17,21H2,1-4H3,(H,39,50)(H,42,43,44). The molecule has 5 aromatic rings. The SMILES string of the molecule is Cc1cccc(C)c1-c1cc(Oc2cc(CN3CCN(c4[nH]ccc(=O)c4F)CC3)nc(N3CCN(C)CC3)c2F)nc(NS(=O)(=O)c2cnn(C)c2)n1. The van der Waals surface area contributed by atoms with Gasteiger partial charge in [-0.05, 0) is 32.0 Å². The van der Waals surface area contributed by atoms with E-state index in [-0.39, 0.29) is 34.1 Å². The minimum atomic E-state index is -4.14. The third kappa shape index (κ3) is 7.90. The highest BCUT2D eigenvalue weighted by atomic mass is 32.2. The number of nitrogens with one attached hydrogen (secondary N) is 2. The number of sulfonamides is 1. The fraction of sp³-hybridized carbons (Fsp3) is 0.361. The van der Waals surface area contributed by atoms with Crippen LogP contribution in [0.4, 0.5) is 26.4 Å². The lowest BCUT2D eigenvalue weighted by atomic mass is 10.00. The van der Waals surface area contributed by atoms with Crippen LogP contribution in [0.5, 0.6) is 11.6 Å². The van der Waals surface area contributed by atoms with E-state index < -0.39 is 27.1 Å². The van der Waals surface area contributed by atoms with Crippen molar-refractivity contribution in [1.82, 2.24) is 39.5 Å². The van der Waals surface area contributed by atoms with Crippen LogP contribution in [-0.4, -0.2) is 107 Å². The van der Waals surface area contributed by atoms with Gasteiger partial charge in [0.2, 0.25) is 28.9 Å². The second-order valence-electron chi connectivity index (χ2n) is 13.5. The van der Waals surface area contributed by atoms with Gasteiger partial charge in [-0.1, -0.05) is 18.2 Å². The molecule has 0 aliphatic carbocycles. The third-order valence-corrected chi connectivity index (χ3v) is 10.9. The van der Waals surface area contributed by atoms with Crippen LogP contribution in [0.1, 0.15) is 16.8 Å². The number of anilines is 3. The summed E-state index contributed by atoms with van der Waals surface area (Å²) in [7, 11) is -0.532. The smallest absolute Gasteiger partial charge is 0.267 e. The lowest BCUT2D eigenvalue weighted by Crippen LogP contribution is -2.47. The Kier molecular flexibility index (Phi) is 10.3. The van der Waals surface area contributed by atoms with Gasteiger partial charge in [0, 0.05) is 102 Å². The molecule has 15 nitrogen and oxygen atoms in total. The maximum Gasteiger partial charge on any atom is 0.267 e. The van der Waals surface area contributed by atoms with Crippen LogP contribution < -0.4 is 24.7 Å². The molecule has 284 valence electrons. The van der Waals surface area contributed by atoms with E-state index >= 15 is 4.39 Å². The predicted molar refractivity (Wildman–Crippen MR) is 199 cm³/mol. The molecule has 4 aromatic heterocycles. The van der Waals surface area contributed by atoms with E-state index in [0.717, 1.165) is 22.8 Å². The van der Waals surface area contributed by atoms with Crippen LogP contribution in [0.2, 0.25) is 0 Å². The average Bonchev–Trinajstić information content (AvgIpc) is 3.59. The summed E-state index contributed by atoms with van der Waals surface area (Å²) in [5.41, 5.74) is 2.76. The second-order valence-corrected chi connectivity index (χ2v) is 15.2. The Bertz CT molecular complexity index is 2320. The lowest BCUT2D eigenvalue weighted by molar-refractivity contribution is 0.245. The van der Waals surface area contributed by atoms with Crippen molar-refractivity contribution < 1.29 is 21.9 Å². The molecule has 0 radical (unpaired) electrons. The summed E-state index contributed by atoms with van der Waals surface area (Å²) in [4.78, 5) is 36.3. The maximum atomic E-state index is 16.6. The van der Waals surface area contributed by atoms with E-state index in [9.17, 15) is 17.6 Å². The van der Waals surface area contributed by atoms with Crippen molar-refractivity contribution in [2.75, 3.05) is 73.9 Å². The Morgan fingerprint density at radius 3 is 2.28 bits per heavy atom. The van der Waals surface area contributed by atoms with E-state index in [0.29, 0.717) is 70.3 Å². The molecule has 0 atom stereocenters. The van der Waals surface area contributed by atoms with Gasteiger partial charge in [0.15, 0.2) is 11.6 Å². The van der Waals surface area contributed by atoms with Crippen LogP contribution in [0.25, 0.3) is 11.3 Å². The fourth-order valence-electron chi connectivity index (χ4n) is 6.66. The molecule has 2 N–H and O–H groups in total. The highest BCUT2D eigenvalue weighted by molar-refractivity contribution is 7.92. The number of rotatable bonds is 10. The minimum Gasteiger partial charge on any atom is -0.436 e. The second kappa shape index (κ2) is 15.1.